The number of aliphatic carboxylic acids is 1. The van der Waals surface area contributed by atoms with Crippen molar-refractivity contribution in [3.8, 4) is 0 Å². The normalized spacial score (nSPS) is 9.45. The van der Waals surface area contributed by atoms with Crippen molar-refractivity contribution in [3.05, 3.63) is 60.2 Å². The molecule has 0 unspecified atom stereocenters. The molecule has 0 aliphatic heterocycles. The van der Waals surface area contributed by atoms with E-state index in [4.69, 9.17) is 5.11 Å². The summed E-state index contributed by atoms with van der Waals surface area (Å²) in [6, 6.07) is 11.2. The third-order valence-corrected chi connectivity index (χ3v) is 2.42. The number of carboxylic acid groups (broad SMARTS) is 1. The van der Waals surface area contributed by atoms with Crippen molar-refractivity contribution in [1.29, 1.82) is 0 Å². The van der Waals surface area contributed by atoms with E-state index in [0.29, 0.717) is 5.69 Å². The SMILES string of the molecule is CNCCc1ccccn1.O=C(O)Cc1ccccn1. The summed E-state index contributed by atoms with van der Waals surface area (Å²) in [5.74, 6) is -0.848. The minimum Gasteiger partial charge on any atom is -0.481 e. The molecule has 20 heavy (non-hydrogen) atoms. The topological polar surface area (TPSA) is 75.1 Å². The highest BCUT2D eigenvalue weighted by Gasteiger charge is 1.98. The highest BCUT2D eigenvalue weighted by molar-refractivity contribution is 5.69. The molecule has 0 spiro atoms. The molecular weight excluding hydrogens is 254 g/mol. The van der Waals surface area contributed by atoms with Gasteiger partial charge in [-0.25, -0.2) is 0 Å². The molecule has 106 valence electrons. The van der Waals surface area contributed by atoms with Gasteiger partial charge in [-0.3, -0.25) is 14.8 Å². The van der Waals surface area contributed by atoms with E-state index in [-0.39, 0.29) is 6.42 Å². The molecule has 2 aromatic rings. The number of nitrogens with one attached hydrogen (secondary N) is 1. The Morgan fingerprint density at radius 3 is 2.15 bits per heavy atom. The van der Waals surface area contributed by atoms with Gasteiger partial charge in [0, 0.05) is 31.1 Å². The number of hydrogen-bond donors (Lipinski definition) is 2. The van der Waals surface area contributed by atoms with Crippen molar-refractivity contribution in [2.75, 3.05) is 13.6 Å². The first-order chi connectivity index (χ1) is 9.72. The molecule has 5 nitrogen and oxygen atoms in total. The van der Waals surface area contributed by atoms with Gasteiger partial charge in [-0.1, -0.05) is 12.1 Å². The quantitative estimate of drug-likeness (QED) is 0.864. The molecule has 0 radical (unpaired) electrons. The maximum absolute atomic E-state index is 10.1. The Morgan fingerprint density at radius 2 is 1.70 bits per heavy atom. The van der Waals surface area contributed by atoms with Gasteiger partial charge in [0.2, 0.25) is 0 Å². The van der Waals surface area contributed by atoms with Crippen molar-refractivity contribution in [2.45, 2.75) is 12.8 Å². The van der Waals surface area contributed by atoms with E-state index < -0.39 is 5.97 Å². The summed E-state index contributed by atoms with van der Waals surface area (Å²) >= 11 is 0. The molecule has 0 fully saturated rings. The second-order valence-electron chi connectivity index (χ2n) is 4.07. The lowest BCUT2D eigenvalue weighted by molar-refractivity contribution is -0.136. The molecule has 2 heterocycles. The van der Waals surface area contributed by atoms with Gasteiger partial charge in [-0.05, 0) is 31.3 Å². The predicted octanol–water partition coefficient (Wildman–Crippen LogP) is 1.55. The number of likely N-dealkylation sites (N-methyl/N-ethyl adjacent to an activating group) is 1. The summed E-state index contributed by atoms with van der Waals surface area (Å²) in [4.78, 5) is 18.1. The summed E-state index contributed by atoms with van der Waals surface area (Å²) in [5.41, 5.74) is 1.74. The lowest BCUT2D eigenvalue weighted by Gasteiger charge is -1.96. The number of pyridine rings is 2. The second kappa shape index (κ2) is 9.63. The maximum Gasteiger partial charge on any atom is 0.309 e. The van der Waals surface area contributed by atoms with Crippen LogP contribution in [-0.4, -0.2) is 34.6 Å². The van der Waals surface area contributed by atoms with Gasteiger partial charge in [0.1, 0.15) is 0 Å². The smallest absolute Gasteiger partial charge is 0.309 e. The van der Waals surface area contributed by atoms with Gasteiger partial charge in [-0.2, -0.15) is 0 Å². The van der Waals surface area contributed by atoms with Gasteiger partial charge in [-0.15, -0.1) is 0 Å². The standard InChI is InChI=1S/C8H12N2.C7H7NO2/c1-9-7-5-8-4-2-3-6-10-8;9-7(10)5-6-3-1-2-4-8-6/h2-4,6,9H,5,7H2,1H3;1-4H,5H2,(H,9,10). The average Bonchev–Trinajstić information content (AvgIpc) is 2.47. The molecule has 0 aliphatic carbocycles. The maximum atomic E-state index is 10.1. The first-order valence-corrected chi connectivity index (χ1v) is 6.38. The van der Waals surface area contributed by atoms with Gasteiger partial charge in [0.05, 0.1) is 12.1 Å². The summed E-state index contributed by atoms with van der Waals surface area (Å²) in [6.45, 7) is 0.997. The highest BCUT2D eigenvalue weighted by atomic mass is 16.4. The minimum absolute atomic E-state index is 0.000833. The van der Waals surface area contributed by atoms with Crippen LogP contribution in [0.5, 0.6) is 0 Å². The molecule has 5 heteroatoms. The number of aromatic nitrogens is 2. The van der Waals surface area contributed by atoms with Crippen LogP contribution in [0, 0.1) is 0 Å². The van der Waals surface area contributed by atoms with Crippen LogP contribution in [-0.2, 0) is 17.6 Å². The number of carbonyl (C=O) groups is 1. The Balaban J connectivity index is 0.000000200. The van der Waals surface area contributed by atoms with E-state index in [1.807, 2.05) is 31.4 Å². The molecule has 2 aromatic heterocycles. The molecular formula is C15H19N3O2. The molecule has 0 bridgehead atoms. The van der Waals surface area contributed by atoms with Crippen LogP contribution in [0.3, 0.4) is 0 Å². The molecule has 0 aliphatic rings. The highest BCUT2D eigenvalue weighted by Crippen LogP contribution is 1.93. The Kier molecular flexibility index (Phi) is 7.60. The van der Waals surface area contributed by atoms with Crippen LogP contribution in [0.2, 0.25) is 0 Å². The molecule has 0 aromatic carbocycles. The van der Waals surface area contributed by atoms with Crippen molar-refractivity contribution in [1.82, 2.24) is 15.3 Å². The Labute approximate surface area is 118 Å². The van der Waals surface area contributed by atoms with E-state index in [1.165, 1.54) is 0 Å². The summed E-state index contributed by atoms with van der Waals surface area (Å²) in [6.07, 6.45) is 4.42. The number of rotatable bonds is 5. The van der Waals surface area contributed by atoms with Crippen molar-refractivity contribution >= 4 is 5.97 Å². The van der Waals surface area contributed by atoms with Gasteiger partial charge < -0.3 is 10.4 Å². The van der Waals surface area contributed by atoms with Crippen LogP contribution < -0.4 is 5.32 Å². The molecule has 0 amide bonds. The van der Waals surface area contributed by atoms with Crippen LogP contribution in [0.4, 0.5) is 0 Å². The first kappa shape index (κ1) is 15.8. The first-order valence-electron chi connectivity index (χ1n) is 6.38. The zero-order valence-corrected chi connectivity index (χ0v) is 11.5. The largest absolute Gasteiger partial charge is 0.481 e. The van der Waals surface area contributed by atoms with E-state index in [2.05, 4.69) is 15.3 Å². The van der Waals surface area contributed by atoms with Crippen molar-refractivity contribution in [3.63, 3.8) is 0 Å². The fraction of sp³-hybridized carbons (Fsp3) is 0.267. The second-order valence-corrected chi connectivity index (χ2v) is 4.07. The van der Waals surface area contributed by atoms with E-state index >= 15 is 0 Å². The molecule has 0 saturated heterocycles. The Morgan fingerprint density at radius 1 is 1.10 bits per heavy atom. The zero-order valence-electron chi connectivity index (χ0n) is 11.5. The van der Waals surface area contributed by atoms with Crippen LogP contribution in [0.15, 0.2) is 48.8 Å². The summed E-state index contributed by atoms with van der Waals surface area (Å²) < 4.78 is 0. The van der Waals surface area contributed by atoms with Crippen LogP contribution in [0.25, 0.3) is 0 Å². The average molecular weight is 273 g/mol. The van der Waals surface area contributed by atoms with E-state index in [1.54, 1.807) is 24.4 Å². The van der Waals surface area contributed by atoms with Crippen LogP contribution in [0.1, 0.15) is 11.4 Å². The number of carboxylic acids is 1. The third kappa shape index (κ3) is 7.23. The van der Waals surface area contributed by atoms with Crippen molar-refractivity contribution in [2.24, 2.45) is 0 Å². The monoisotopic (exact) mass is 273 g/mol. The third-order valence-electron chi connectivity index (χ3n) is 2.42. The zero-order chi connectivity index (χ0) is 14.6. The van der Waals surface area contributed by atoms with Gasteiger partial charge in [0.15, 0.2) is 0 Å². The predicted molar refractivity (Wildman–Crippen MR) is 77.4 cm³/mol. The number of nitrogens with zero attached hydrogens (tertiary/aromatic N) is 2. The Bertz CT molecular complexity index is 489. The van der Waals surface area contributed by atoms with E-state index in [9.17, 15) is 4.79 Å². The molecule has 0 saturated carbocycles. The minimum atomic E-state index is -0.848. The van der Waals surface area contributed by atoms with Crippen molar-refractivity contribution < 1.29 is 9.90 Å². The molecule has 2 N–H and O–H groups in total. The summed E-state index contributed by atoms with van der Waals surface area (Å²) in [7, 11) is 1.95. The van der Waals surface area contributed by atoms with Gasteiger partial charge >= 0.3 is 5.97 Å². The lowest BCUT2D eigenvalue weighted by Crippen LogP contribution is -2.10. The Hall–Kier alpha value is -2.27. The summed E-state index contributed by atoms with van der Waals surface area (Å²) in [5, 5.41) is 11.4. The number of hydrogen-bond acceptors (Lipinski definition) is 4. The van der Waals surface area contributed by atoms with Gasteiger partial charge in [0.25, 0.3) is 0 Å². The van der Waals surface area contributed by atoms with Crippen LogP contribution >= 0.6 is 0 Å². The fourth-order valence-electron chi connectivity index (χ4n) is 1.46. The fourth-order valence-corrected chi connectivity index (χ4v) is 1.46. The molecule has 0 atom stereocenters. The molecule has 2 rings (SSSR count). The lowest BCUT2D eigenvalue weighted by atomic mass is 10.3. The van der Waals surface area contributed by atoms with E-state index in [0.717, 1.165) is 18.7 Å².